The van der Waals surface area contributed by atoms with Crippen LogP contribution in [0.5, 0.6) is 0 Å². The molecule has 0 aromatic heterocycles. The maximum atomic E-state index is 15.6. The fourth-order valence-electron chi connectivity index (χ4n) is 6.35. The zero-order valence-electron chi connectivity index (χ0n) is 20.9. The lowest BCUT2D eigenvalue weighted by Gasteiger charge is -2.19. The van der Waals surface area contributed by atoms with Crippen LogP contribution in [0.4, 0.5) is 17.6 Å². The molecule has 0 aliphatic heterocycles. The van der Waals surface area contributed by atoms with E-state index in [0.29, 0.717) is 16.3 Å². The van der Waals surface area contributed by atoms with E-state index in [1.165, 1.54) is 0 Å². The third kappa shape index (κ3) is 3.07. The molecule has 0 aliphatic carbocycles. The summed E-state index contributed by atoms with van der Waals surface area (Å²) in [6.07, 6.45) is 0. The van der Waals surface area contributed by atoms with Crippen LogP contribution in [0.25, 0.3) is 76.1 Å². The minimum Gasteiger partial charge on any atom is -0.206 e. The van der Waals surface area contributed by atoms with Gasteiger partial charge in [0.25, 0.3) is 0 Å². The lowest BCUT2D eigenvalue weighted by molar-refractivity contribution is 0.448. The predicted molar refractivity (Wildman–Crippen MR) is 156 cm³/mol. The molecule has 0 unspecified atom stereocenters. The van der Waals surface area contributed by atoms with Gasteiger partial charge in [-0.1, -0.05) is 97.1 Å². The number of hydrogen-bond donors (Lipinski definition) is 0. The van der Waals surface area contributed by atoms with Crippen LogP contribution in [0.3, 0.4) is 0 Å². The first-order chi connectivity index (χ1) is 19.5. The van der Waals surface area contributed by atoms with Crippen LogP contribution in [-0.4, -0.2) is 0 Å². The minimum absolute atomic E-state index is 0.240. The summed E-state index contributed by atoms with van der Waals surface area (Å²) >= 11 is 0. The summed E-state index contributed by atoms with van der Waals surface area (Å²) in [5.41, 5.74) is 2.81. The van der Waals surface area contributed by atoms with Gasteiger partial charge in [0.2, 0.25) is 0 Å². The molecule has 8 aromatic carbocycles. The van der Waals surface area contributed by atoms with Crippen molar-refractivity contribution >= 4 is 53.9 Å². The Morgan fingerprint density at radius 1 is 0.375 bits per heavy atom. The number of hydrogen-bond acceptors (Lipinski definition) is 0. The molecular formula is C36H18F4. The average molecular weight is 527 g/mol. The van der Waals surface area contributed by atoms with Gasteiger partial charge in [-0.05, 0) is 77.5 Å². The maximum absolute atomic E-state index is 15.6. The topological polar surface area (TPSA) is 0 Å². The zero-order valence-corrected chi connectivity index (χ0v) is 20.9. The average Bonchev–Trinajstić information content (AvgIpc) is 2.99. The highest BCUT2D eigenvalue weighted by atomic mass is 19.2. The smallest absolute Gasteiger partial charge is 0.194 e. The standard InChI is InChI=1S/C36H18F4/c37-30-17-21(18-31(38)36(30)40)22-13-9-19-11-15-26-27(16-12-20-10-14-25(22)32(19)33(20)26)34-23-5-1-3-7-28(23)35(39)29-8-4-2-6-24(29)34/h1-18H. The van der Waals surface area contributed by atoms with Gasteiger partial charge in [0.15, 0.2) is 17.5 Å². The Hall–Kier alpha value is -4.96. The van der Waals surface area contributed by atoms with Crippen molar-refractivity contribution in [1.29, 1.82) is 0 Å². The van der Waals surface area contributed by atoms with E-state index in [1.54, 1.807) is 0 Å². The third-order valence-electron chi connectivity index (χ3n) is 8.09. The Labute approximate surface area is 226 Å². The molecule has 0 bridgehead atoms. The van der Waals surface area contributed by atoms with Crippen LogP contribution in [-0.2, 0) is 0 Å². The minimum atomic E-state index is -1.48. The molecule has 0 amide bonds. The van der Waals surface area contributed by atoms with Gasteiger partial charge in [-0.25, -0.2) is 17.6 Å². The fraction of sp³-hybridized carbons (Fsp3) is 0. The van der Waals surface area contributed by atoms with Crippen molar-refractivity contribution in [3.8, 4) is 22.3 Å². The molecule has 0 fully saturated rings. The van der Waals surface area contributed by atoms with Gasteiger partial charge in [0.05, 0.1) is 0 Å². The predicted octanol–water partition coefficient (Wildman–Crippen LogP) is 10.8. The van der Waals surface area contributed by atoms with Crippen LogP contribution in [0.1, 0.15) is 0 Å². The van der Waals surface area contributed by atoms with Crippen LogP contribution in [0.2, 0.25) is 0 Å². The molecule has 4 heteroatoms. The van der Waals surface area contributed by atoms with Gasteiger partial charge in [0.1, 0.15) is 5.82 Å². The number of benzene rings is 8. The first kappa shape index (κ1) is 23.0. The second kappa shape index (κ2) is 8.27. The number of fused-ring (bicyclic) bond motifs is 2. The van der Waals surface area contributed by atoms with E-state index in [2.05, 4.69) is 18.2 Å². The highest BCUT2D eigenvalue weighted by molar-refractivity contribution is 6.29. The summed E-state index contributed by atoms with van der Waals surface area (Å²) in [5, 5.41) is 8.53. The van der Waals surface area contributed by atoms with Gasteiger partial charge in [-0.2, -0.15) is 0 Å². The molecule has 0 radical (unpaired) electrons. The van der Waals surface area contributed by atoms with Crippen molar-refractivity contribution in [3.05, 3.63) is 132 Å². The van der Waals surface area contributed by atoms with Crippen LogP contribution in [0.15, 0.2) is 109 Å². The van der Waals surface area contributed by atoms with Gasteiger partial charge < -0.3 is 0 Å². The van der Waals surface area contributed by atoms with E-state index in [9.17, 15) is 13.2 Å². The Bertz CT molecular complexity index is 2240. The molecule has 40 heavy (non-hydrogen) atoms. The quantitative estimate of drug-likeness (QED) is 0.0910. The van der Waals surface area contributed by atoms with E-state index in [0.717, 1.165) is 66.3 Å². The van der Waals surface area contributed by atoms with E-state index in [1.807, 2.05) is 78.9 Å². The molecule has 0 N–H and O–H groups in total. The molecule has 0 saturated heterocycles. The lowest BCUT2D eigenvalue weighted by atomic mass is 9.85. The highest BCUT2D eigenvalue weighted by Crippen LogP contribution is 2.46. The van der Waals surface area contributed by atoms with Crippen LogP contribution in [0, 0.1) is 23.3 Å². The molecule has 8 rings (SSSR count). The van der Waals surface area contributed by atoms with Gasteiger partial charge in [-0.3, -0.25) is 0 Å². The van der Waals surface area contributed by atoms with E-state index in [4.69, 9.17) is 0 Å². The normalized spacial score (nSPS) is 12.0. The summed E-state index contributed by atoms with van der Waals surface area (Å²) in [6, 6.07) is 33.1. The summed E-state index contributed by atoms with van der Waals surface area (Å²) in [6.45, 7) is 0. The van der Waals surface area contributed by atoms with Gasteiger partial charge in [-0.15, -0.1) is 0 Å². The highest BCUT2D eigenvalue weighted by Gasteiger charge is 2.20. The number of halogens is 4. The summed E-state index contributed by atoms with van der Waals surface area (Å²) in [7, 11) is 0. The second-order valence-corrected chi connectivity index (χ2v) is 10.2. The summed E-state index contributed by atoms with van der Waals surface area (Å²) in [5.74, 6) is -4.17. The summed E-state index contributed by atoms with van der Waals surface area (Å²) < 4.78 is 57.8. The maximum Gasteiger partial charge on any atom is 0.194 e. The Morgan fingerprint density at radius 3 is 1.38 bits per heavy atom. The Balaban J connectivity index is 1.51. The lowest BCUT2D eigenvalue weighted by Crippen LogP contribution is -1.94. The fourth-order valence-corrected chi connectivity index (χ4v) is 6.35. The summed E-state index contributed by atoms with van der Waals surface area (Å²) in [4.78, 5) is 0. The van der Waals surface area contributed by atoms with E-state index in [-0.39, 0.29) is 11.4 Å². The van der Waals surface area contributed by atoms with Gasteiger partial charge >= 0.3 is 0 Å². The molecule has 0 atom stereocenters. The molecular weight excluding hydrogens is 508 g/mol. The third-order valence-corrected chi connectivity index (χ3v) is 8.09. The molecule has 0 heterocycles. The molecule has 8 aromatic rings. The first-order valence-electron chi connectivity index (χ1n) is 13.0. The molecule has 0 spiro atoms. The SMILES string of the molecule is Fc1cc(-c2ccc3ccc4c(-c5c6ccccc6c(F)c6ccccc56)ccc5ccc2c3c54)cc(F)c1F. The molecule has 0 saturated carbocycles. The largest absolute Gasteiger partial charge is 0.206 e. The first-order valence-corrected chi connectivity index (χ1v) is 13.0. The van der Waals surface area contributed by atoms with Crippen molar-refractivity contribution < 1.29 is 17.6 Å². The van der Waals surface area contributed by atoms with Crippen molar-refractivity contribution in [1.82, 2.24) is 0 Å². The Kier molecular flexibility index (Phi) is 4.75. The molecule has 0 nitrogen and oxygen atoms in total. The zero-order chi connectivity index (χ0) is 27.1. The molecule has 0 aliphatic rings. The van der Waals surface area contributed by atoms with Crippen LogP contribution < -0.4 is 0 Å². The van der Waals surface area contributed by atoms with Crippen LogP contribution >= 0.6 is 0 Å². The molecule has 190 valence electrons. The Morgan fingerprint density at radius 2 is 0.825 bits per heavy atom. The van der Waals surface area contributed by atoms with Crippen molar-refractivity contribution in [2.24, 2.45) is 0 Å². The number of rotatable bonds is 2. The second-order valence-electron chi connectivity index (χ2n) is 10.2. The van der Waals surface area contributed by atoms with Crippen molar-refractivity contribution in [3.63, 3.8) is 0 Å². The van der Waals surface area contributed by atoms with Gasteiger partial charge in [0, 0.05) is 10.8 Å². The van der Waals surface area contributed by atoms with E-state index < -0.39 is 17.5 Å². The van der Waals surface area contributed by atoms with E-state index >= 15 is 4.39 Å². The monoisotopic (exact) mass is 526 g/mol. The van der Waals surface area contributed by atoms with Crippen molar-refractivity contribution in [2.45, 2.75) is 0 Å². The van der Waals surface area contributed by atoms with Crippen molar-refractivity contribution in [2.75, 3.05) is 0 Å².